The van der Waals surface area contributed by atoms with Crippen LogP contribution in [0.25, 0.3) is 0 Å². The van der Waals surface area contributed by atoms with E-state index in [4.69, 9.17) is 5.26 Å². The lowest BCUT2D eigenvalue weighted by Gasteiger charge is -2.19. The number of benzene rings is 1. The summed E-state index contributed by atoms with van der Waals surface area (Å²) < 4.78 is 0. The Morgan fingerprint density at radius 1 is 1.50 bits per heavy atom. The molecule has 14 heavy (non-hydrogen) atoms. The normalized spacial score (nSPS) is 14.6. The van der Waals surface area contributed by atoms with E-state index in [2.05, 4.69) is 24.4 Å². The van der Waals surface area contributed by atoms with Crippen LogP contribution in [0.15, 0.2) is 12.1 Å². The highest BCUT2D eigenvalue weighted by Gasteiger charge is 2.13. The highest BCUT2D eigenvalue weighted by atomic mass is 14.9. The van der Waals surface area contributed by atoms with E-state index >= 15 is 0 Å². The minimum absolute atomic E-state index is 0.849. The van der Waals surface area contributed by atoms with Gasteiger partial charge in [0, 0.05) is 6.54 Å². The van der Waals surface area contributed by atoms with Gasteiger partial charge in [-0.2, -0.15) is 5.26 Å². The molecule has 0 aliphatic carbocycles. The highest BCUT2D eigenvalue weighted by Crippen LogP contribution is 2.20. The predicted octanol–water partition coefficient (Wildman–Crippen LogP) is 1.77. The van der Waals surface area contributed by atoms with Gasteiger partial charge in [-0.05, 0) is 42.1 Å². The number of aryl methyl sites for hydroxylation is 1. The standard InChI is InChI=1S/C12H14N2/c1-2-9-5-10-3-4-14-8-12(10)11(6-9)7-13/h5-6,14H,2-4,8H2,1H3. The number of nitriles is 1. The molecular weight excluding hydrogens is 172 g/mol. The molecule has 0 radical (unpaired) electrons. The number of rotatable bonds is 1. The fourth-order valence-electron chi connectivity index (χ4n) is 1.97. The van der Waals surface area contributed by atoms with Gasteiger partial charge < -0.3 is 5.32 Å². The average molecular weight is 186 g/mol. The Morgan fingerprint density at radius 3 is 3.07 bits per heavy atom. The lowest BCUT2D eigenvalue weighted by atomic mass is 9.93. The first-order valence-corrected chi connectivity index (χ1v) is 5.10. The van der Waals surface area contributed by atoms with Crippen molar-refractivity contribution in [1.29, 1.82) is 5.26 Å². The predicted molar refractivity (Wildman–Crippen MR) is 55.9 cm³/mol. The van der Waals surface area contributed by atoms with Crippen LogP contribution in [0.4, 0.5) is 0 Å². The Bertz CT molecular complexity index is 388. The molecule has 1 aliphatic rings. The first kappa shape index (κ1) is 9.23. The van der Waals surface area contributed by atoms with Crippen LogP contribution in [0.2, 0.25) is 0 Å². The molecule has 0 saturated carbocycles. The molecule has 1 aromatic carbocycles. The van der Waals surface area contributed by atoms with E-state index in [-0.39, 0.29) is 0 Å². The molecule has 2 heteroatoms. The largest absolute Gasteiger partial charge is 0.312 e. The zero-order valence-corrected chi connectivity index (χ0v) is 8.43. The summed E-state index contributed by atoms with van der Waals surface area (Å²) >= 11 is 0. The Kier molecular flexibility index (Phi) is 2.51. The zero-order valence-electron chi connectivity index (χ0n) is 8.43. The minimum atomic E-state index is 0.849. The summed E-state index contributed by atoms with van der Waals surface area (Å²) in [6.45, 7) is 4.01. The molecule has 1 aliphatic heterocycles. The van der Waals surface area contributed by atoms with Crippen LogP contribution in [0.5, 0.6) is 0 Å². The molecular formula is C12H14N2. The van der Waals surface area contributed by atoms with Crippen LogP contribution < -0.4 is 5.32 Å². The van der Waals surface area contributed by atoms with Gasteiger partial charge in [0.1, 0.15) is 0 Å². The van der Waals surface area contributed by atoms with Crippen molar-refractivity contribution >= 4 is 0 Å². The molecule has 0 aromatic heterocycles. The van der Waals surface area contributed by atoms with Crippen molar-refractivity contribution in [2.24, 2.45) is 0 Å². The lowest BCUT2D eigenvalue weighted by molar-refractivity contribution is 0.641. The Hall–Kier alpha value is -1.33. The highest BCUT2D eigenvalue weighted by molar-refractivity contribution is 5.47. The monoisotopic (exact) mass is 186 g/mol. The van der Waals surface area contributed by atoms with Crippen molar-refractivity contribution in [3.05, 3.63) is 34.4 Å². The number of fused-ring (bicyclic) bond motifs is 1. The molecule has 1 heterocycles. The SMILES string of the molecule is CCc1cc(C#N)c2c(c1)CCNC2. The Balaban J connectivity index is 2.54. The minimum Gasteiger partial charge on any atom is -0.312 e. The summed E-state index contributed by atoms with van der Waals surface area (Å²) in [7, 11) is 0. The second-order valence-electron chi connectivity index (χ2n) is 3.67. The fraction of sp³-hybridized carbons (Fsp3) is 0.417. The van der Waals surface area contributed by atoms with Crippen molar-refractivity contribution in [1.82, 2.24) is 5.32 Å². The molecule has 0 bridgehead atoms. The molecule has 72 valence electrons. The van der Waals surface area contributed by atoms with Crippen LogP contribution in [0.1, 0.15) is 29.2 Å². The summed E-state index contributed by atoms with van der Waals surface area (Å²) in [4.78, 5) is 0. The van der Waals surface area contributed by atoms with E-state index in [1.807, 2.05) is 6.07 Å². The molecule has 0 saturated heterocycles. The summed E-state index contributed by atoms with van der Waals surface area (Å²) in [5, 5.41) is 12.3. The van der Waals surface area contributed by atoms with E-state index in [9.17, 15) is 0 Å². The lowest BCUT2D eigenvalue weighted by Crippen LogP contribution is -2.24. The van der Waals surface area contributed by atoms with Crippen LogP contribution in [0, 0.1) is 11.3 Å². The molecule has 1 aromatic rings. The number of hydrogen-bond donors (Lipinski definition) is 1. The maximum Gasteiger partial charge on any atom is 0.0995 e. The van der Waals surface area contributed by atoms with Crippen LogP contribution >= 0.6 is 0 Å². The third kappa shape index (κ3) is 1.51. The van der Waals surface area contributed by atoms with Gasteiger partial charge in [-0.3, -0.25) is 0 Å². The van der Waals surface area contributed by atoms with Crippen LogP contribution in [0.3, 0.4) is 0 Å². The molecule has 1 N–H and O–H groups in total. The van der Waals surface area contributed by atoms with Gasteiger partial charge in [0.05, 0.1) is 11.6 Å². The second kappa shape index (κ2) is 3.81. The Labute approximate surface area is 84.6 Å². The fourth-order valence-corrected chi connectivity index (χ4v) is 1.97. The molecule has 0 spiro atoms. The average Bonchev–Trinajstić information content (AvgIpc) is 2.27. The van der Waals surface area contributed by atoms with Gasteiger partial charge in [-0.25, -0.2) is 0 Å². The molecule has 2 nitrogen and oxygen atoms in total. The first-order chi connectivity index (χ1) is 6.85. The molecule has 0 unspecified atom stereocenters. The number of nitrogens with one attached hydrogen (secondary N) is 1. The van der Waals surface area contributed by atoms with Crippen LogP contribution in [-0.2, 0) is 19.4 Å². The summed E-state index contributed by atoms with van der Waals surface area (Å²) in [6, 6.07) is 6.56. The van der Waals surface area contributed by atoms with Crippen LogP contribution in [-0.4, -0.2) is 6.54 Å². The first-order valence-electron chi connectivity index (χ1n) is 5.10. The van der Waals surface area contributed by atoms with Gasteiger partial charge in [0.15, 0.2) is 0 Å². The summed E-state index contributed by atoms with van der Waals surface area (Å²) in [5.41, 5.74) is 4.70. The molecule has 2 rings (SSSR count). The van der Waals surface area contributed by atoms with E-state index in [1.54, 1.807) is 0 Å². The van der Waals surface area contributed by atoms with E-state index in [1.165, 1.54) is 16.7 Å². The smallest absolute Gasteiger partial charge is 0.0995 e. The van der Waals surface area contributed by atoms with Gasteiger partial charge in [0.2, 0.25) is 0 Å². The van der Waals surface area contributed by atoms with Gasteiger partial charge >= 0.3 is 0 Å². The second-order valence-corrected chi connectivity index (χ2v) is 3.67. The van der Waals surface area contributed by atoms with E-state index in [0.29, 0.717) is 0 Å². The van der Waals surface area contributed by atoms with Gasteiger partial charge in [-0.1, -0.05) is 13.0 Å². The topological polar surface area (TPSA) is 35.8 Å². The third-order valence-electron chi connectivity index (χ3n) is 2.80. The number of hydrogen-bond acceptors (Lipinski definition) is 2. The van der Waals surface area contributed by atoms with Crippen molar-refractivity contribution in [2.45, 2.75) is 26.3 Å². The van der Waals surface area contributed by atoms with Gasteiger partial charge in [0.25, 0.3) is 0 Å². The van der Waals surface area contributed by atoms with Crippen molar-refractivity contribution < 1.29 is 0 Å². The van der Waals surface area contributed by atoms with Crippen molar-refractivity contribution in [3.8, 4) is 6.07 Å². The van der Waals surface area contributed by atoms with E-state index in [0.717, 1.165) is 31.5 Å². The maximum atomic E-state index is 9.04. The van der Waals surface area contributed by atoms with E-state index < -0.39 is 0 Å². The molecule has 0 fully saturated rings. The zero-order chi connectivity index (χ0) is 9.97. The quantitative estimate of drug-likeness (QED) is 0.725. The van der Waals surface area contributed by atoms with Crippen molar-refractivity contribution in [3.63, 3.8) is 0 Å². The molecule has 0 atom stereocenters. The summed E-state index contributed by atoms with van der Waals surface area (Å²) in [5.74, 6) is 0. The summed E-state index contributed by atoms with van der Waals surface area (Å²) in [6.07, 6.45) is 2.06. The van der Waals surface area contributed by atoms with Gasteiger partial charge in [-0.15, -0.1) is 0 Å². The third-order valence-corrected chi connectivity index (χ3v) is 2.80. The Morgan fingerprint density at radius 2 is 2.36 bits per heavy atom. The molecule has 0 amide bonds. The van der Waals surface area contributed by atoms with Crippen molar-refractivity contribution in [2.75, 3.05) is 6.54 Å². The number of nitrogens with zero attached hydrogens (tertiary/aromatic N) is 1. The maximum absolute atomic E-state index is 9.04.